The van der Waals surface area contributed by atoms with Crippen LogP contribution in [0.5, 0.6) is 0 Å². The molecule has 1 N–H and O–H groups in total. The molecule has 1 unspecified atom stereocenters. The van der Waals surface area contributed by atoms with Crippen molar-refractivity contribution in [3.63, 3.8) is 0 Å². The summed E-state index contributed by atoms with van der Waals surface area (Å²) in [6, 6.07) is 13.2. The summed E-state index contributed by atoms with van der Waals surface area (Å²) in [6.45, 7) is 5.48. The fraction of sp³-hybridized carbons (Fsp3) is 0.381. The number of nitro groups is 1. The topological polar surface area (TPSA) is 119 Å². The molecule has 1 fully saturated rings. The fourth-order valence-electron chi connectivity index (χ4n) is 3.23. The standard InChI is InChI=1S/C21H25N3O6S/c1-21(2,3)30-20(25)22-18(13-15-7-5-4-6-8-15)19-14-23(19)31(28,29)17-11-9-16(10-12-17)24(26)27/h4-12,18-19H,13-14H2,1-3H3,(H,22,25)/t18-,19+,23?/m0/s1. The Bertz CT molecular complexity index is 1050. The molecule has 0 aromatic heterocycles. The second-order valence-corrected chi connectivity index (χ2v) is 10.2. The molecular weight excluding hydrogens is 422 g/mol. The fourth-order valence-corrected chi connectivity index (χ4v) is 4.83. The molecule has 31 heavy (non-hydrogen) atoms. The first kappa shape index (κ1) is 22.7. The number of nitrogens with zero attached hydrogens (tertiary/aromatic N) is 2. The van der Waals surface area contributed by atoms with Crippen molar-refractivity contribution >= 4 is 21.8 Å². The number of amides is 1. The van der Waals surface area contributed by atoms with Crippen LogP contribution in [0.2, 0.25) is 0 Å². The van der Waals surface area contributed by atoms with Gasteiger partial charge >= 0.3 is 6.09 Å². The molecule has 1 aliphatic heterocycles. The van der Waals surface area contributed by atoms with E-state index in [0.29, 0.717) is 6.42 Å². The van der Waals surface area contributed by atoms with Crippen LogP contribution in [0.1, 0.15) is 26.3 Å². The number of rotatable bonds is 7. The summed E-state index contributed by atoms with van der Waals surface area (Å²) in [5.41, 5.74) is 0.0770. The minimum absolute atomic E-state index is 0.0312. The normalized spacial score (nSPS) is 19.3. The van der Waals surface area contributed by atoms with E-state index in [4.69, 9.17) is 4.74 Å². The quantitative estimate of drug-likeness (QED) is 0.396. The van der Waals surface area contributed by atoms with E-state index in [1.54, 1.807) is 20.8 Å². The molecule has 0 spiro atoms. The van der Waals surface area contributed by atoms with E-state index in [1.807, 2.05) is 30.3 Å². The molecule has 9 nitrogen and oxygen atoms in total. The van der Waals surface area contributed by atoms with Gasteiger partial charge in [-0.05, 0) is 44.9 Å². The number of alkyl carbamates (subject to hydrolysis) is 1. The second-order valence-electron chi connectivity index (χ2n) is 8.34. The molecule has 0 saturated carbocycles. The average Bonchev–Trinajstić information content (AvgIpc) is 3.48. The van der Waals surface area contributed by atoms with Gasteiger partial charge < -0.3 is 10.1 Å². The van der Waals surface area contributed by atoms with Gasteiger partial charge in [-0.3, -0.25) is 10.1 Å². The van der Waals surface area contributed by atoms with Gasteiger partial charge in [0.1, 0.15) is 5.60 Å². The zero-order valence-electron chi connectivity index (χ0n) is 17.5. The van der Waals surface area contributed by atoms with Gasteiger partial charge in [0.25, 0.3) is 5.69 Å². The van der Waals surface area contributed by atoms with Crippen LogP contribution in [0.3, 0.4) is 0 Å². The maximum absolute atomic E-state index is 13.0. The van der Waals surface area contributed by atoms with Crippen LogP contribution < -0.4 is 5.32 Å². The second kappa shape index (κ2) is 8.64. The van der Waals surface area contributed by atoms with Crippen molar-refractivity contribution in [2.75, 3.05) is 6.54 Å². The Morgan fingerprint density at radius 3 is 2.35 bits per heavy atom. The zero-order chi connectivity index (χ0) is 22.8. The van der Waals surface area contributed by atoms with Crippen molar-refractivity contribution in [2.24, 2.45) is 0 Å². The molecule has 0 aliphatic carbocycles. The third kappa shape index (κ3) is 5.80. The molecule has 10 heteroatoms. The minimum atomic E-state index is -3.85. The van der Waals surface area contributed by atoms with Gasteiger partial charge in [-0.25, -0.2) is 13.2 Å². The van der Waals surface area contributed by atoms with Crippen molar-refractivity contribution < 1.29 is 22.9 Å². The zero-order valence-corrected chi connectivity index (χ0v) is 18.3. The smallest absolute Gasteiger partial charge is 0.407 e. The van der Waals surface area contributed by atoms with Crippen LogP contribution in [0.4, 0.5) is 10.5 Å². The first-order chi connectivity index (χ1) is 14.5. The van der Waals surface area contributed by atoms with Crippen molar-refractivity contribution in [1.82, 2.24) is 9.62 Å². The first-order valence-electron chi connectivity index (χ1n) is 9.77. The molecule has 3 rings (SSSR count). The van der Waals surface area contributed by atoms with Crippen LogP contribution in [-0.2, 0) is 21.2 Å². The number of sulfonamides is 1. The molecule has 1 saturated heterocycles. The highest BCUT2D eigenvalue weighted by Crippen LogP contribution is 2.32. The minimum Gasteiger partial charge on any atom is -0.444 e. The molecule has 0 radical (unpaired) electrons. The van der Waals surface area contributed by atoms with Gasteiger partial charge in [0.2, 0.25) is 10.0 Å². The number of hydrogen-bond acceptors (Lipinski definition) is 6. The molecule has 3 atom stereocenters. The maximum Gasteiger partial charge on any atom is 0.407 e. The number of benzene rings is 2. The number of nitrogens with one attached hydrogen (secondary N) is 1. The molecule has 166 valence electrons. The van der Waals surface area contributed by atoms with Crippen molar-refractivity contribution in [3.05, 3.63) is 70.3 Å². The summed E-state index contributed by atoms with van der Waals surface area (Å²) in [6.07, 6.45) is -0.190. The monoisotopic (exact) mass is 447 g/mol. The third-order valence-corrected chi connectivity index (χ3v) is 6.63. The molecule has 1 amide bonds. The number of non-ortho nitro benzene ring substituents is 1. The number of nitro benzene ring substituents is 1. The molecular formula is C21H25N3O6S. The molecule has 1 aliphatic rings. The number of carbonyl (C=O) groups is 1. The third-order valence-electron chi connectivity index (χ3n) is 4.72. The predicted octanol–water partition coefficient (Wildman–Crippen LogP) is 3.10. The molecule has 0 bridgehead atoms. The van der Waals surface area contributed by atoms with Crippen LogP contribution in [0, 0.1) is 10.1 Å². The number of hydrogen-bond donors (Lipinski definition) is 1. The van der Waals surface area contributed by atoms with E-state index in [-0.39, 0.29) is 17.1 Å². The van der Waals surface area contributed by atoms with Crippen LogP contribution in [0.25, 0.3) is 0 Å². The lowest BCUT2D eigenvalue weighted by Crippen LogP contribution is -2.44. The van der Waals surface area contributed by atoms with E-state index < -0.39 is 38.7 Å². The summed E-state index contributed by atoms with van der Waals surface area (Å²) in [4.78, 5) is 22.6. The van der Waals surface area contributed by atoms with E-state index in [2.05, 4.69) is 5.32 Å². The Hall–Kier alpha value is -2.98. The van der Waals surface area contributed by atoms with Gasteiger partial charge in [0.15, 0.2) is 0 Å². The molecule has 2 aromatic rings. The van der Waals surface area contributed by atoms with Crippen molar-refractivity contribution in [1.29, 1.82) is 0 Å². The largest absolute Gasteiger partial charge is 0.444 e. The van der Waals surface area contributed by atoms with E-state index >= 15 is 0 Å². The van der Waals surface area contributed by atoms with E-state index in [0.717, 1.165) is 17.7 Å². The van der Waals surface area contributed by atoms with Crippen LogP contribution in [0.15, 0.2) is 59.5 Å². The van der Waals surface area contributed by atoms with Gasteiger partial charge in [0, 0.05) is 18.7 Å². The Balaban J connectivity index is 1.78. The predicted molar refractivity (Wildman–Crippen MR) is 114 cm³/mol. The van der Waals surface area contributed by atoms with Gasteiger partial charge in [-0.2, -0.15) is 4.31 Å². The summed E-state index contributed by atoms with van der Waals surface area (Å²) in [7, 11) is -3.85. The Morgan fingerprint density at radius 2 is 1.81 bits per heavy atom. The maximum atomic E-state index is 13.0. The highest BCUT2D eigenvalue weighted by molar-refractivity contribution is 7.89. The summed E-state index contributed by atoms with van der Waals surface area (Å²) in [5.74, 6) is 0. The Morgan fingerprint density at radius 1 is 1.19 bits per heavy atom. The van der Waals surface area contributed by atoms with Gasteiger partial charge in [0.05, 0.1) is 21.9 Å². The Kier molecular flexibility index (Phi) is 6.33. The van der Waals surface area contributed by atoms with Crippen LogP contribution >= 0.6 is 0 Å². The molecule has 2 aromatic carbocycles. The lowest BCUT2D eigenvalue weighted by Gasteiger charge is -2.24. The SMILES string of the molecule is CC(C)(C)OC(=O)N[C@@H](Cc1ccccc1)[C@H]1CN1S(=O)(=O)c1ccc([N+](=O)[O-])cc1. The first-order valence-corrected chi connectivity index (χ1v) is 11.2. The highest BCUT2D eigenvalue weighted by Gasteiger charge is 2.49. The van der Waals surface area contributed by atoms with Gasteiger partial charge in [-0.1, -0.05) is 30.3 Å². The summed E-state index contributed by atoms with van der Waals surface area (Å²) in [5, 5.41) is 13.6. The van der Waals surface area contributed by atoms with E-state index in [9.17, 15) is 23.3 Å². The summed E-state index contributed by atoms with van der Waals surface area (Å²) >= 11 is 0. The van der Waals surface area contributed by atoms with Gasteiger partial charge in [-0.15, -0.1) is 0 Å². The van der Waals surface area contributed by atoms with Crippen molar-refractivity contribution in [3.8, 4) is 0 Å². The number of carbonyl (C=O) groups excluding carboxylic acids is 1. The highest BCUT2D eigenvalue weighted by atomic mass is 32.2. The summed E-state index contributed by atoms with van der Waals surface area (Å²) < 4.78 is 32.6. The average molecular weight is 448 g/mol. The molecule has 1 heterocycles. The Labute approximate surface area is 181 Å². The van der Waals surface area contributed by atoms with Crippen molar-refractivity contribution in [2.45, 2.75) is 49.8 Å². The van der Waals surface area contributed by atoms with E-state index in [1.165, 1.54) is 16.4 Å². The lowest BCUT2D eigenvalue weighted by atomic mass is 10.0. The number of ether oxygens (including phenoxy) is 1. The van der Waals surface area contributed by atoms with Crippen LogP contribution in [-0.4, -0.2) is 48.0 Å². The lowest BCUT2D eigenvalue weighted by molar-refractivity contribution is -0.384.